The van der Waals surface area contributed by atoms with Crippen molar-refractivity contribution < 1.29 is 9.84 Å². The molecule has 0 heterocycles. The first kappa shape index (κ1) is 10.1. The van der Waals surface area contributed by atoms with E-state index < -0.39 is 6.10 Å². The van der Waals surface area contributed by atoms with Crippen LogP contribution < -0.4 is 0 Å². The molecule has 0 fully saturated rings. The van der Waals surface area contributed by atoms with E-state index in [1.54, 1.807) is 13.2 Å². The van der Waals surface area contributed by atoms with Crippen LogP contribution in [-0.2, 0) is 4.74 Å². The van der Waals surface area contributed by atoms with Gasteiger partial charge in [-0.2, -0.15) is 0 Å². The average molecular weight is 154 g/mol. The zero-order chi connectivity index (χ0) is 8.69. The van der Waals surface area contributed by atoms with E-state index in [4.69, 9.17) is 0 Å². The van der Waals surface area contributed by atoms with Crippen molar-refractivity contribution in [2.75, 3.05) is 7.11 Å². The Morgan fingerprint density at radius 1 is 1.45 bits per heavy atom. The summed E-state index contributed by atoms with van der Waals surface area (Å²) in [6, 6.07) is 0. The molecule has 11 heavy (non-hydrogen) atoms. The second-order valence-corrected chi connectivity index (χ2v) is 2.52. The van der Waals surface area contributed by atoms with Gasteiger partial charge < -0.3 is 9.84 Å². The molecule has 0 aromatic carbocycles. The highest BCUT2D eigenvalue weighted by Gasteiger charge is 2.02. The van der Waals surface area contributed by atoms with Crippen LogP contribution >= 0.6 is 0 Å². The second-order valence-electron chi connectivity index (χ2n) is 2.52. The van der Waals surface area contributed by atoms with Crippen molar-refractivity contribution in [2.45, 2.75) is 20.0 Å². The van der Waals surface area contributed by atoms with Gasteiger partial charge >= 0.3 is 0 Å². The average Bonchev–Trinajstić information content (AvgIpc) is 1.97. The molecule has 2 nitrogen and oxygen atoms in total. The highest BCUT2D eigenvalue weighted by Crippen LogP contribution is 1.97. The fraction of sp³-hybridized carbons (Fsp3) is 0.556. The first-order valence-electron chi connectivity index (χ1n) is 3.55. The molecule has 1 unspecified atom stereocenters. The number of ether oxygens (including phenoxy) is 1. The third kappa shape index (κ3) is 5.50. The fourth-order valence-corrected chi connectivity index (χ4v) is 0.402. The molecule has 2 heteroatoms. The lowest BCUT2D eigenvalue weighted by Gasteiger charge is -2.04. The minimum Gasteiger partial charge on any atom is -0.504 e. The zero-order valence-corrected chi connectivity index (χ0v) is 7.16. The molecule has 0 bridgehead atoms. The first-order chi connectivity index (χ1) is 5.18. The first-order valence-corrected chi connectivity index (χ1v) is 3.55. The molecule has 0 rings (SSSR count). The van der Waals surface area contributed by atoms with E-state index in [-0.39, 0.29) is 5.92 Å². The maximum absolute atomic E-state index is 9.18. The van der Waals surface area contributed by atoms with E-state index in [2.05, 4.69) is 16.6 Å². The van der Waals surface area contributed by atoms with Crippen LogP contribution in [0.3, 0.4) is 0 Å². The van der Waals surface area contributed by atoms with E-state index in [9.17, 15) is 5.11 Å². The maximum Gasteiger partial charge on any atom is 0.117 e. The van der Waals surface area contributed by atoms with E-state index in [1.165, 1.54) is 6.26 Å². The summed E-state index contributed by atoms with van der Waals surface area (Å²) >= 11 is 0. The Balaban J connectivity index is 3.77. The molecular formula is C9H14O2. The molecule has 1 atom stereocenters. The zero-order valence-electron chi connectivity index (χ0n) is 7.16. The Morgan fingerprint density at radius 2 is 2.09 bits per heavy atom. The number of allylic oxidation sites excluding steroid dienone is 1. The number of aliphatic hydroxyl groups is 1. The number of hydrogen-bond acceptors (Lipinski definition) is 2. The van der Waals surface area contributed by atoms with Crippen LogP contribution in [0.5, 0.6) is 0 Å². The Morgan fingerprint density at radius 3 is 2.55 bits per heavy atom. The lowest BCUT2D eigenvalue weighted by Crippen LogP contribution is -2.10. The summed E-state index contributed by atoms with van der Waals surface area (Å²) in [5.41, 5.74) is 0. The highest BCUT2D eigenvalue weighted by molar-refractivity contribution is 5.16. The van der Waals surface area contributed by atoms with Gasteiger partial charge in [0.25, 0.3) is 0 Å². The molecule has 0 saturated carbocycles. The molecule has 0 aromatic rings. The van der Waals surface area contributed by atoms with E-state index in [0.717, 1.165) is 0 Å². The van der Waals surface area contributed by atoms with Gasteiger partial charge in [0.05, 0.1) is 13.4 Å². The van der Waals surface area contributed by atoms with E-state index in [0.29, 0.717) is 0 Å². The fourth-order valence-electron chi connectivity index (χ4n) is 0.402. The van der Waals surface area contributed by atoms with Crippen molar-refractivity contribution in [2.24, 2.45) is 5.92 Å². The van der Waals surface area contributed by atoms with Crippen LogP contribution in [0.4, 0.5) is 0 Å². The monoisotopic (exact) mass is 154 g/mol. The van der Waals surface area contributed by atoms with Crippen LogP contribution in [-0.4, -0.2) is 18.3 Å². The lowest BCUT2D eigenvalue weighted by molar-refractivity contribution is 0.181. The number of rotatable bonds is 2. The third-order valence-corrected chi connectivity index (χ3v) is 1.15. The van der Waals surface area contributed by atoms with Crippen molar-refractivity contribution in [3.05, 3.63) is 12.3 Å². The van der Waals surface area contributed by atoms with Crippen molar-refractivity contribution in [1.29, 1.82) is 0 Å². The summed E-state index contributed by atoms with van der Waals surface area (Å²) in [6.07, 6.45) is 2.49. The maximum atomic E-state index is 9.18. The normalized spacial score (nSPS) is 12.8. The Kier molecular flexibility index (Phi) is 5.32. The van der Waals surface area contributed by atoms with Crippen molar-refractivity contribution in [3.63, 3.8) is 0 Å². The third-order valence-electron chi connectivity index (χ3n) is 1.15. The Bertz CT molecular complexity index is 172. The standard InChI is InChI=1S/C9H14O2/c1-8(2)9(10)6-4-5-7-11-3/h5,7-10H,1-3H3. The lowest BCUT2D eigenvalue weighted by atomic mass is 10.1. The van der Waals surface area contributed by atoms with Crippen molar-refractivity contribution in [3.8, 4) is 11.8 Å². The quantitative estimate of drug-likeness (QED) is 0.478. The molecule has 0 spiro atoms. The number of hydrogen-bond donors (Lipinski definition) is 1. The van der Waals surface area contributed by atoms with E-state index in [1.807, 2.05) is 13.8 Å². The van der Waals surface area contributed by atoms with Crippen molar-refractivity contribution >= 4 is 0 Å². The van der Waals surface area contributed by atoms with Gasteiger partial charge in [0.15, 0.2) is 0 Å². The Labute approximate surface area is 67.9 Å². The second kappa shape index (κ2) is 5.82. The summed E-state index contributed by atoms with van der Waals surface area (Å²) in [6.45, 7) is 3.83. The smallest absolute Gasteiger partial charge is 0.117 e. The number of aliphatic hydroxyl groups excluding tert-OH is 1. The van der Waals surface area contributed by atoms with Crippen LogP contribution in [0, 0.1) is 17.8 Å². The predicted molar refractivity (Wildman–Crippen MR) is 44.8 cm³/mol. The van der Waals surface area contributed by atoms with Gasteiger partial charge in [-0.25, -0.2) is 0 Å². The molecule has 1 N–H and O–H groups in total. The van der Waals surface area contributed by atoms with Gasteiger partial charge in [-0.05, 0) is 5.92 Å². The molecule has 0 aliphatic rings. The summed E-state index contributed by atoms with van der Waals surface area (Å²) in [4.78, 5) is 0. The predicted octanol–water partition coefficient (Wildman–Crippen LogP) is 1.17. The van der Waals surface area contributed by atoms with Gasteiger partial charge in [-0.3, -0.25) is 0 Å². The van der Waals surface area contributed by atoms with Crippen LogP contribution in [0.15, 0.2) is 12.3 Å². The minimum atomic E-state index is -0.545. The highest BCUT2D eigenvalue weighted by atomic mass is 16.5. The summed E-state index contributed by atoms with van der Waals surface area (Å²) < 4.78 is 4.62. The van der Waals surface area contributed by atoms with Gasteiger partial charge in [-0.15, -0.1) is 0 Å². The van der Waals surface area contributed by atoms with Gasteiger partial charge in [0, 0.05) is 6.08 Å². The Hall–Kier alpha value is -0.940. The van der Waals surface area contributed by atoms with Gasteiger partial charge in [-0.1, -0.05) is 25.7 Å². The minimum absolute atomic E-state index is 0.179. The largest absolute Gasteiger partial charge is 0.504 e. The molecule has 0 aliphatic carbocycles. The molecule has 62 valence electrons. The SMILES string of the molecule is COC=CC#CC(O)C(C)C. The summed E-state index contributed by atoms with van der Waals surface area (Å²) in [5.74, 6) is 5.50. The molecule has 0 saturated heterocycles. The molecule has 0 radical (unpaired) electrons. The van der Waals surface area contributed by atoms with Crippen molar-refractivity contribution in [1.82, 2.24) is 0 Å². The van der Waals surface area contributed by atoms with Crippen LogP contribution in [0.1, 0.15) is 13.8 Å². The van der Waals surface area contributed by atoms with Gasteiger partial charge in [0.1, 0.15) is 6.10 Å². The topological polar surface area (TPSA) is 29.5 Å². The summed E-state index contributed by atoms with van der Waals surface area (Å²) in [5, 5.41) is 9.18. The molecule has 0 amide bonds. The molecular weight excluding hydrogens is 140 g/mol. The molecule has 0 aromatic heterocycles. The van der Waals surface area contributed by atoms with Crippen LogP contribution in [0.25, 0.3) is 0 Å². The van der Waals surface area contributed by atoms with Gasteiger partial charge in [0.2, 0.25) is 0 Å². The van der Waals surface area contributed by atoms with E-state index >= 15 is 0 Å². The molecule has 0 aliphatic heterocycles. The summed E-state index contributed by atoms with van der Waals surface area (Å²) in [7, 11) is 1.55. The number of methoxy groups -OCH3 is 1. The van der Waals surface area contributed by atoms with Crippen LogP contribution in [0.2, 0.25) is 0 Å².